The molecule has 4 heteroatoms. The Hall–Kier alpha value is -2.17. The van der Waals surface area contributed by atoms with Crippen molar-refractivity contribution in [1.82, 2.24) is 5.32 Å². The van der Waals surface area contributed by atoms with Crippen molar-refractivity contribution >= 4 is 5.91 Å². The summed E-state index contributed by atoms with van der Waals surface area (Å²) in [6.07, 6.45) is 70.6. The maximum absolute atomic E-state index is 12.3. The zero-order valence-corrected chi connectivity index (χ0v) is 38.5. The van der Waals surface area contributed by atoms with Gasteiger partial charge in [-0.15, -0.1) is 0 Å². The Labute approximate surface area is 361 Å². The van der Waals surface area contributed by atoms with Gasteiger partial charge in [-0.2, -0.15) is 0 Å². The van der Waals surface area contributed by atoms with Crippen LogP contribution in [-0.4, -0.2) is 34.9 Å². The molecule has 2 atom stereocenters. The van der Waals surface area contributed by atoms with E-state index in [-0.39, 0.29) is 12.5 Å². The second kappa shape index (κ2) is 49.2. The van der Waals surface area contributed by atoms with Gasteiger partial charge in [-0.25, -0.2) is 0 Å². The minimum Gasteiger partial charge on any atom is -0.394 e. The van der Waals surface area contributed by atoms with Crippen LogP contribution < -0.4 is 5.32 Å². The molecule has 58 heavy (non-hydrogen) atoms. The zero-order chi connectivity index (χ0) is 42.1. The molecule has 0 aromatic heterocycles. The van der Waals surface area contributed by atoms with Gasteiger partial charge in [0, 0.05) is 6.42 Å². The first-order valence-electron chi connectivity index (χ1n) is 25.1. The second-order valence-electron chi connectivity index (χ2n) is 16.9. The molecule has 4 nitrogen and oxygen atoms in total. The number of rotatable bonds is 45. The van der Waals surface area contributed by atoms with E-state index in [1.807, 2.05) is 0 Å². The third kappa shape index (κ3) is 44.9. The lowest BCUT2D eigenvalue weighted by atomic mass is 10.0. The molecule has 0 rings (SSSR count). The minimum absolute atomic E-state index is 0.0372. The van der Waals surface area contributed by atoms with Crippen LogP contribution in [0, 0.1) is 0 Å². The summed E-state index contributed by atoms with van der Waals surface area (Å²) < 4.78 is 0. The minimum atomic E-state index is -0.655. The Morgan fingerprint density at radius 1 is 0.431 bits per heavy atom. The number of aliphatic hydroxyl groups is 2. The van der Waals surface area contributed by atoms with Crippen LogP contribution in [0.3, 0.4) is 0 Å². The van der Waals surface area contributed by atoms with Gasteiger partial charge in [-0.05, 0) is 64.2 Å². The fourth-order valence-electron chi connectivity index (χ4n) is 7.42. The first-order valence-corrected chi connectivity index (χ1v) is 25.1. The number of aliphatic hydroxyl groups excluding tert-OH is 2. The van der Waals surface area contributed by atoms with Crippen LogP contribution in [0.15, 0.2) is 72.9 Å². The van der Waals surface area contributed by atoms with Crippen LogP contribution in [0.2, 0.25) is 0 Å². The number of amides is 1. The summed E-state index contributed by atoms with van der Waals surface area (Å²) in [4.78, 5) is 12.3. The van der Waals surface area contributed by atoms with Crippen LogP contribution in [0.5, 0.6) is 0 Å². The first-order chi connectivity index (χ1) is 28.7. The summed E-state index contributed by atoms with van der Waals surface area (Å²) in [6, 6.07) is -0.532. The number of hydrogen-bond donors (Lipinski definition) is 3. The SMILES string of the molecule is CC/C=C\C/C=C\C/C=C\C/C=C\C/C=C\C/C=C\CCCCCCCCCCCCCCCCCCCCCCCCC(=O)NC(CO)C(O)CCCCCCC. The lowest BCUT2D eigenvalue weighted by Crippen LogP contribution is -2.45. The van der Waals surface area contributed by atoms with Gasteiger partial charge in [-0.3, -0.25) is 4.79 Å². The zero-order valence-electron chi connectivity index (χ0n) is 38.5. The molecule has 0 saturated heterocycles. The molecule has 0 aliphatic heterocycles. The molecule has 0 aromatic carbocycles. The normalized spacial score (nSPS) is 13.5. The summed E-state index contributed by atoms with van der Waals surface area (Å²) in [5, 5.41) is 22.8. The second-order valence-corrected chi connectivity index (χ2v) is 16.9. The van der Waals surface area contributed by atoms with Crippen molar-refractivity contribution in [3.8, 4) is 0 Å². The third-order valence-electron chi connectivity index (χ3n) is 11.2. The van der Waals surface area contributed by atoms with Crippen molar-refractivity contribution in [1.29, 1.82) is 0 Å². The predicted octanol–water partition coefficient (Wildman–Crippen LogP) is 16.2. The molecule has 0 bridgehead atoms. The summed E-state index contributed by atoms with van der Waals surface area (Å²) in [5.41, 5.74) is 0. The van der Waals surface area contributed by atoms with Gasteiger partial charge in [0.25, 0.3) is 0 Å². The number of hydrogen-bond acceptors (Lipinski definition) is 3. The molecule has 0 radical (unpaired) electrons. The molecule has 0 heterocycles. The van der Waals surface area contributed by atoms with Crippen molar-refractivity contribution in [2.45, 2.75) is 257 Å². The van der Waals surface area contributed by atoms with E-state index < -0.39 is 12.1 Å². The Balaban J connectivity index is 3.36. The summed E-state index contributed by atoms with van der Waals surface area (Å²) in [5.74, 6) is -0.0372. The van der Waals surface area contributed by atoms with Gasteiger partial charge < -0.3 is 15.5 Å². The summed E-state index contributed by atoms with van der Waals surface area (Å²) in [7, 11) is 0. The molecule has 0 saturated carbocycles. The fourth-order valence-corrected chi connectivity index (χ4v) is 7.42. The first kappa shape index (κ1) is 55.8. The number of carbonyl (C=O) groups excluding carboxylic acids is 1. The number of carbonyl (C=O) groups is 1. The van der Waals surface area contributed by atoms with Gasteiger partial charge >= 0.3 is 0 Å². The molecule has 3 N–H and O–H groups in total. The van der Waals surface area contributed by atoms with Crippen molar-refractivity contribution < 1.29 is 15.0 Å². The average molecular weight is 808 g/mol. The Morgan fingerprint density at radius 2 is 0.759 bits per heavy atom. The van der Waals surface area contributed by atoms with Crippen LogP contribution >= 0.6 is 0 Å². The van der Waals surface area contributed by atoms with E-state index in [9.17, 15) is 15.0 Å². The van der Waals surface area contributed by atoms with E-state index >= 15 is 0 Å². The standard InChI is InChI=1S/C54H97NO3/c1-3-5-7-9-10-11-12-13-14-15-16-17-18-19-20-21-22-23-24-25-26-27-28-29-30-31-32-33-34-35-36-37-38-39-40-41-42-43-44-46-48-50-54(58)55-52(51-56)53(57)49-47-45-8-6-4-2/h5,7,10-11,13-14,16-17,19-20,22-23,52-53,56-57H,3-4,6,8-9,12,15,18,21,24-51H2,1-2H3,(H,55,58)/b7-5-,11-10-,14-13-,17-16-,20-19-,23-22-. The maximum Gasteiger partial charge on any atom is 0.220 e. The van der Waals surface area contributed by atoms with Crippen LogP contribution in [0.25, 0.3) is 0 Å². The van der Waals surface area contributed by atoms with Crippen molar-refractivity contribution in [2.24, 2.45) is 0 Å². The van der Waals surface area contributed by atoms with Gasteiger partial charge in [0.2, 0.25) is 5.91 Å². The maximum atomic E-state index is 12.3. The summed E-state index contributed by atoms with van der Waals surface area (Å²) in [6.45, 7) is 4.16. The molecule has 2 unspecified atom stereocenters. The molecule has 0 aliphatic rings. The molecule has 0 aromatic rings. The van der Waals surface area contributed by atoms with E-state index in [0.29, 0.717) is 12.8 Å². The molecular formula is C54H97NO3. The summed E-state index contributed by atoms with van der Waals surface area (Å²) >= 11 is 0. The predicted molar refractivity (Wildman–Crippen MR) is 257 cm³/mol. The Morgan fingerprint density at radius 3 is 1.14 bits per heavy atom. The average Bonchev–Trinajstić information content (AvgIpc) is 3.23. The van der Waals surface area contributed by atoms with Crippen LogP contribution in [0.4, 0.5) is 0 Å². The lowest BCUT2D eigenvalue weighted by molar-refractivity contribution is -0.123. The quantitative estimate of drug-likeness (QED) is 0.0424. The largest absolute Gasteiger partial charge is 0.394 e. The highest BCUT2D eigenvalue weighted by Crippen LogP contribution is 2.16. The van der Waals surface area contributed by atoms with Gasteiger partial charge in [0.15, 0.2) is 0 Å². The molecule has 336 valence electrons. The van der Waals surface area contributed by atoms with Gasteiger partial charge in [0.1, 0.15) is 0 Å². The van der Waals surface area contributed by atoms with Gasteiger partial charge in [-0.1, -0.05) is 247 Å². The Bertz CT molecular complexity index is 1010. The molecule has 0 aliphatic carbocycles. The smallest absolute Gasteiger partial charge is 0.220 e. The monoisotopic (exact) mass is 808 g/mol. The number of nitrogens with one attached hydrogen (secondary N) is 1. The highest BCUT2D eigenvalue weighted by Gasteiger charge is 2.19. The van der Waals surface area contributed by atoms with E-state index in [0.717, 1.165) is 64.2 Å². The highest BCUT2D eigenvalue weighted by molar-refractivity contribution is 5.76. The van der Waals surface area contributed by atoms with E-state index in [1.54, 1.807) is 0 Å². The molecule has 1 amide bonds. The molecule has 0 spiro atoms. The number of unbranched alkanes of at least 4 members (excludes halogenated alkanes) is 26. The van der Waals surface area contributed by atoms with E-state index in [1.165, 1.54) is 154 Å². The van der Waals surface area contributed by atoms with E-state index in [2.05, 4.69) is 92.1 Å². The van der Waals surface area contributed by atoms with Crippen molar-refractivity contribution in [3.63, 3.8) is 0 Å². The highest BCUT2D eigenvalue weighted by atomic mass is 16.3. The third-order valence-corrected chi connectivity index (χ3v) is 11.2. The van der Waals surface area contributed by atoms with Crippen molar-refractivity contribution in [3.05, 3.63) is 72.9 Å². The topological polar surface area (TPSA) is 69.6 Å². The Kier molecular flexibility index (Phi) is 47.4. The van der Waals surface area contributed by atoms with E-state index in [4.69, 9.17) is 0 Å². The lowest BCUT2D eigenvalue weighted by Gasteiger charge is -2.22. The molecular weight excluding hydrogens is 711 g/mol. The molecule has 0 fully saturated rings. The van der Waals surface area contributed by atoms with Crippen LogP contribution in [-0.2, 0) is 4.79 Å². The van der Waals surface area contributed by atoms with Gasteiger partial charge in [0.05, 0.1) is 18.8 Å². The number of allylic oxidation sites excluding steroid dienone is 12. The van der Waals surface area contributed by atoms with Crippen LogP contribution in [0.1, 0.15) is 245 Å². The van der Waals surface area contributed by atoms with Crippen molar-refractivity contribution in [2.75, 3.05) is 6.61 Å². The fraction of sp³-hybridized carbons (Fsp3) is 0.759.